The molecule has 2 aromatic carbocycles. The minimum absolute atomic E-state index is 0.273. The third-order valence-electron chi connectivity index (χ3n) is 3.44. The summed E-state index contributed by atoms with van der Waals surface area (Å²) in [7, 11) is -3.17. The number of thiazole rings is 1. The molecule has 1 aromatic heterocycles. The molecule has 3 aromatic rings. The number of benzene rings is 2. The first-order chi connectivity index (χ1) is 11.4. The quantitative estimate of drug-likeness (QED) is 0.746. The van der Waals surface area contributed by atoms with Crippen LogP contribution in [0, 0.1) is 5.82 Å². The molecule has 0 aliphatic rings. The zero-order chi connectivity index (χ0) is 17.2. The van der Waals surface area contributed by atoms with E-state index in [4.69, 9.17) is 0 Å². The lowest BCUT2D eigenvalue weighted by Crippen LogP contribution is -2.01. The number of nitrogens with zero attached hydrogens (tertiary/aromatic N) is 1. The van der Waals surface area contributed by atoms with Crippen LogP contribution in [0.15, 0.2) is 58.8 Å². The minimum atomic E-state index is -3.17. The van der Waals surface area contributed by atoms with Gasteiger partial charge in [-0.2, -0.15) is 0 Å². The van der Waals surface area contributed by atoms with Gasteiger partial charge in [0.05, 0.1) is 10.6 Å². The molecule has 4 nitrogen and oxygen atoms in total. The zero-order valence-electron chi connectivity index (χ0n) is 12.9. The van der Waals surface area contributed by atoms with Gasteiger partial charge in [-0.15, -0.1) is 11.3 Å². The standard InChI is InChI=1S/C17H15FN2O2S2/c1-24(21,22)15-8-2-12(3-9-15)10-19-17-20-16(11-23-17)13-4-6-14(18)7-5-13/h2-9,11H,10H2,1H3,(H,19,20). The van der Waals surface area contributed by atoms with E-state index >= 15 is 0 Å². The fourth-order valence-corrected chi connectivity index (χ4v) is 3.49. The Bertz CT molecular complexity index is 933. The highest BCUT2D eigenvalue weighted by atomic mass is 32.2. The summed E-state index contributed by atoms with van der Waals surface area (Å²) in [6.07, 6.45) is 1.19. The van der Waals surface area contributed by atoms with Crippen molar-refractivity contribution in [2.24, 2.45) is 0 Å². The third-order valence-corrected chi connectivity index (χ3v) is 5.37. The predicted octanol–water partition coefficient (Wildman–Crippen LogP) is 3.96. The van der Waals surface area contributed by atoms with Crippen molar-refractivity contribution in [2.75, 3.05) is 11.6 Å². The highest BCUT2D eigenvalue weighted by Gasteiger charge is 2.07. The van der Waals surface area contributed by atoms with Gasteiger partial charge in [-0.3, -0.25) is 0 Å². The highest BCUT2D eigenvalue weighted by molar-refractivity contribution is 7.90. The molecule has 24 heavy (non-hydrogen) atoms. The molecule has 124 valence electrons. The molecule has 1 heterocycles. The van der Waals surface area contributed by atoms with Gasteiger partial charge in [-0.05, 0) is 42.0 Å². The number of hydrogen-bond donors (Lipinski definition) is 1. The first kappa shape index (κ1) is 16.6. The lowest BCUT2D eigenvalue weighted by atomic mass is 10.2. The molecule has 0 saturated carbocycles. The normalized spacial score (nSPS) is 11.4. The fourth-order valence-electron chi connectivity index (χ4n) is 2.14. The van der Waals surface area contributed by atoms with E-state index in [0.29, 0.717) is 11.4 Å². The SMILES string of the molecule is CS(=O)(=O)c1ccc(CNc2nc(-c3ccc(F)cc3)cs2)cc1. The Morgan fingerprint density at radius 2 is 1.75 bits per heavy atom. The second-order valence-corrected chi connectivity index (χ2v) is 8.19. The zero-order valence-corrected chi connectivity index (χ0v) is 14.5. The van der Waals surface area contributed by atoms with E-state index in [1.165, 1.54) is 29.7 Å². The van der Waals surface area contributed by atoms with Gasteiger partial charge in [0.15, 0.2) is 15.0 Å². The molecule has 0 spiro atoms. The van der Waals surface area contributed by atoms with Gasteiger partial charge in [-0.25, -0.2) is 17.8 Å². The van der Waals surface area contributed by atoms with E-state index in [-0.39, 0.29) is 5.82 Å². The number of nitrogens with one attached hydrogen (secondary N) is 1. The summed E-state index contributed by atoms with van der Waals surface area (Å²) < 4.78 is 35.8. The summed E-state index contributed by atoms with van der Waals surface area (Å²) >= 11 is 1.46. The van der Waals surface area contributed by atoms with Crippen LogP contribution in [0.25, 0.3) is 11.3 Å². The monoisotopic (exact) mass is 362 g/mol. The molecule has 7 heteroatoms. The molecule has 0 aliphatic heterocycles. The Morgan fingerprint density at radius 3 is 2.38 bits per heavy atom. The number of hydrogen-bond acceptors (Lipinski definition) is 5. The van der Waals surface area contributed by atoms with Crippen LogP contribution in [-0.4, -0.2) is 19.7 Å². The van der Waals surface area contributed by atoms with Crippen LogP contribution in [0.4, 0.5) is 9.52 Å². The fraction of sp³-hybridized carbons (Fsp3) is 0.118. The van der Waals surface area contributed by atoms with Gasteiger partial charge in [0.25, 0.3) is 0 Å². The van der Waals surface area contributed by atoms with Crippen molar-refractivity contribution < 1.29 is 12.8 Å². The summed E-state index contributed by atoms with van der Waals surface area (Å²) in [6, 6.07) is 12.9. The molecule has 0 radical (unpaired) electrons. The average Bonchev–Trinajstić information content (AvgIpc) is 3.02. The smallest absolute Gasteiger partial charge is 0.183 e. The molecule has 0 amide bonds. The van der Waals surface area contributed by atoms with Crippen LogP contribution >= 0.6 is 11.3 Å². The van der Waals surface area contributed by atoms with Crippen molar-refractivity contribution in [2.45, 2.75) is 11.4 Å². The minimum Gasteiger partial charge on any atom is -0.357 e. The molecular formula is C17H15FN2O2S2. The van der Waals surface area contributed by atoms with Crippen molar-refractivity contribution in [3.63, 3.8) is 0 Å². The molecule has 0 bridgehead atoms. The second-order valence-electron chi connectivity index (χ2n) is 5.31. The Morgan fingerprint density at radius 1 is 1.08 bits per heavy atom. The van der Waals surface area contributed by atoms with Crippen molar-refractivity contribution in [3.8, 4) is 11.3 Å². The maximum atomic E-state index is 13.0. The van der Waals surface area contributed by atoms with Gasteiger partial charge in [0, 0.05) is 23.7 Å². The van der Waals surface area contributed by atoms with E-state index in [0.717, 1.165) is 22.0 Å². The largest absolute Gasteiger partial charge is 0.357 e. The average molecular weight is 362 g/mol. The number of halogens is 1. The van der Waals surface area contributed by atoms with Gasteiger partial charge < -0.3 is 5.32 Å². The highest BCUT2D eigenvalue weighted by Crippen LogP contribution is 2.25. The predicted molar refractivity (Wildman–Crippen MR) is 94.4 cm³/mol. The molecule has 1 N–H and O–H groups in total. The van der Waals surface area contributed by atoms with Crippen molar-refractivity contribution in [1.82, 2.24) is 4.98 Å². The first-order valence-electron chi connectivity index (χ1n) is 7.16. The number of sulfone groups is 1. The summed E-state index contributed by atoms with van der Waals surface area (Å²) in [5, 5.41) is 5.86. The maximum absolute atomic E-state index is 13.0. The van der Waals surface area contributed by atoms with Crippen LogP contribution in [0.1, 0.15) is 5.56 Å². The maximum Gasteiger partial charge on any atom is 0.183 e. The van der Waals surface area contributed by atoms with Crippen LogP contribution in [0.2, 0.25) is 0 Å². The van der Waals surface area contributed by atoms with Gasteiger partial charge in [0.2, 0.25) is 0 Å². The van der Waals surface area contributed by atoms with Gasteiger partial charge >= 0.3 is 0 Å². The molecule has 0 fully saturated rings. The van der Waals surface area contributed by atoms with Crippen LogP contribution in [0.3, 0.4) is 0 Å². The third kappa shape index (κ3) is 3.98. The number of rotatable bonds is 5. The molecular weight excluding hydrogens is 347 g/mol. The lowest BCUT2D eigenvalue weighted by molar-refractivity contribution is 0.602. The van der Waals surface area contributed by atoms with Crippen molar-refractivity contribution in [1.29, 1.82) is 0 Å². The number of aromatic nitrogens is 1. The van der Waals surface area contributed by atoms with E-state index < -0.39 is 9.84 Å². The van der Waals surface area contributed by atoms with E-state index in [2.05, 4.69) is 10.3 Å². The van der Waals surface area contributed by atoms with Gasteiger partial charge in [0.1, 0.15) is 5.82 Å². The molecule has 3 rings (SSSR count). The van der Waals surface area contributed by atoms with Crippen molar-refractivity contribution in [3.05, 3.63) is 65.3 Å². The summed E-state index contributed by atoms with van der Waals surface area (Å²) in [5.74, 6) is -0.273. The van der Waals surface area contributed by atoms with Crippen LogP contribution in [-0.2, 0) is 16.4 Å². The molecule has 0 unspecified atom stereocenters. The topological polar surface area (TPSA) is 59.1 Å². The Hall–Kier alpha value is -2.25. The summed E-state index contributed by atoms with van der Waals surface area (Å²) in [4.78, 5) is 4.78. The molecule has 0 atom stereocenters. The molecule has 0 saturated heterocycles. The molecule has 0 aliphatic carbocycles. The lowest BCUT2D eigenvalue weighted by Gasteiger charge is -2.04. The second kappa shape index (κ2) is 6.70. The Balaban J connectivity index is 1.66. The summed E-state index contributed by atoms with van der Waals surface area (Å²) in [6.45, 7) is 0.542. The Labute approximate surface area is 143 Å². The van der Waals surface area contributed by atoms with Crippen LogP contribution < -0.4 is 5.32 Å². The number of anilines is 1. The first-order valence-corrected chi connectivity index (χ1v) is 9.93. The van der Waals surface area contributed by atoms with E-state index in [1.807, 2.05) is 5.38 Å². The van der Waals surface area contributed by atoms with Gasteiger partial charge in [-0.1, -0.05) is 12.1 Å². The van der Waals surface area contributed by atoms with Crippen molar-refractivity contribution >= 4 is 26.3 Å². The Kier molecular flexibility index (Phi) is 4.64. The van der Waals surface area contributed by atoms with E-state index in [9.17, 15) is 12.8 Å². The van der Waals surface area contributed by atoms with E-state index in [1.54, 1.807) is 36.4 Å². The summed E-state index contributed by atoms with van der Waals surface area (Å²) in [5.41, 5.74) is 2.61. The van der Waals surface area contributed by atoms with Crippen LogP contribution in [0.5, 0.6) is 0 Å².